The van der Waals surface area contributed by atoms with Crippen molar-refractivity contribution in [3.8, 4) is 0 Å². The van der Waals surface area contributed by atoms with Crippen molar-refractivity contribution in [2.24, 2.45) is 0 Å². The molecule has 0 amide bonds. The number of nitrogens with zero attached hydrogens (tertiary/aromatic N) is 2. The third-order valence-electron chi connectivity index (χ3n) is 4.03. The zero-order chi connectivity index (χ0) is 17.0. The molecule has 23 heavy (non-hydrogen) atoms. The van der Waals surface area contributed by atoms with Gasteiger partial charge in [0.2, 0.25) is 0 Å². The minimum Gasteiger partial charge on any atom is -0.461 e. The number of carbonyl (C=O) groups excluding carboxylic acids is 1. The first-order chi connectivity index (χ1) is 10.9. The highest BCUT2D eigenvalue weighted by Gasteiger charge is 2.33. The van der Waals surface area contributed by atoms with Crippen LogP contribution in [0.3, 0.4) is 0 Å². The molecule has 2 rings (SSSR count). The van der Waals surface area contributed by atoms with Crippen molar-refractivity contribution in [3.05, 3.63) is 17.2 Å². The van der Waals surface area contributed by atoms with E-state index in [9.17, 15) is 4.79 Å². The summed E-state index contributed by atoms with van der Waals surface area (Å²) in [5.74, 6) is 1.19. The number of ether oxygens (including phenoxy) is 2. The maximum atomic E-state index is 12.4. The first kappa shape index (κ1) is 18.2. The quantitative estimate of drug-likeness (QED) is 0.390. The zero-order valence-corrected chi connectivity index (χ0v) is 16.1. The molecule has 1 aromatic rings. The maximum Gasteiger partial charge on any atom is 0.356 e. The van der Waals surface area contributed by atoms with Crippen molar-refractivity contribution in [1.29, 1.82) is 0 Å². The van der Waals surface area contributed by atoms with E-state index in [-0.39, 0.29) is 5.97 Å². The molecule has 0 spiro atoms. The van der Waals surface area contributed by atoms with Crippen molar-refractivity contribution >= 4 is 14.0 Å². The van der Waals surface area contributed by atoms with E-state index in [1.807, 2.05) is 18.4 Å². The van der Waals surface area contributed by atoms with E-state index < -0.39 is 8.07 Å². The fourth-order valence-electron chi connectivity index (χ4n) is 2.51. The van der Waals surface area contributed by atoms with Crippen LogP contribution in [0.1, 0.15) is 54.6 Å². The van der Waals surface area contributed by atoms with E-state index >= 15 is 0 Å². The Hall–Kier alpha value is -1.14. The number of aryl methyl sites for hydroxylation is 1. The summed E-state index contributed by atoms with van der Waals surface area (Å²) >= 11 is 0. The van der Waals surface area contributed by atoms with Crippen molar-refractivity contribution in [3.63, 3.8) is 0 Å². The van der Waals surface area contributed by atoms with E-state index in [0.29, 0.717) is 24.9 Å². The number of carbonyl (C=O) groups is 1. The molecule has 1 fully saturated rings. The van der Waals surface area contributed by atoms with Crippen molar-refractivity contribution < 1.29 is 14.3 Å². The smallest absolute Gasteiger partial charge is 0.356 e. The molecule has 1 aliphatic rings. The summed E-state index contributed by atoms with van der Waals surface area (Å²) < 4.78 is 13.1. The van der Waals surface area contributed by atoms with Crippen LogP contribution < -0.4 is 0 Å². The highest BCUT2D eigenvalue weighted by Crippen LogP contribution is 2.40. The van der Waals surface area contributed by atoms with Crippen molar-refractivity contribution in [2.75, 3.05) is 13.2 Å². The molecule has 0 bridgehead atoms. The van der Waals surface area contributed by atoms with Gasteiger partial charge in [0.15, 0.2) is 5.69 Å². The summed E-state index contributed by atoms with van der Waals surface area (Å²) in [4.78, 5) is 17.1. The molecule has 130 valence electrons. The Labute approximate surface area is 140 Å². The maximum absolute atomic E-state index is 12.4. The van der Waals surface area contributed by atoms with Crippen LogP contribution in [0.5, 0.6) is 0 Å². The summed E-state index contributed by atoms with van der Waals surface area (Å²) in [6.45, 7) is 12.4. The second kappa shape index (κ2) is 7.62. The Morgan fingerprint density at radius 1 is 1.30 bits per heavy atom. The Kier molecular flexibility index (Phi) is 6.03. The standard InChI is InChI=1S/C17H30N2O3Si/c1-6-14-15(17(20)22-7-2)19(16(18-14)13-8-9-13)12-21-10-11-23(3,4)5/h13H,6-12H2,1-5H3. The number of aromatic nitrogens is 2. The lowest BCUT2D eigenvalue weighted by Crippen LogP contribution is -2.23. The Balaban J connectivity index is 2.17. The third kappa shape index (κ3) is 4.91. The molecule has 1 heterocycles. The fourth-order valence-corrected chi connectivity index (χ4v) is 3.27. The van der Waals surface area contributed by atoms with Gasteiger partial charge in [-0.1, -0.05) is 26.6 Å². The van der Waals surface area contributed by atoms with Gasteiger partial charge in [0.05, 0.1) is 12.3 Å². The molecule has 0 aliphatic heterocycles. The summed E-state index contributed by atoms with van der Waals surface area (Å²) in [6.07, 6.45) is 3.03. The molecular weight excluding hydrogens is 308 g/mol. The monoisotopic (exact) mass is 338 g/mol. The first-order valence-electron chi connectivity index (χ1n) is 8.71. The van der Waals surface area contributed by atoms with Gasteiger partial charge < -0.3 is 9.47 Å². The fraction of sp³-hybridized carbons (Fsp3) is 0.765. The highest BCUT2D eigenvalue weighted by atomic mass is 28.3. The number of imidazole rings is 1. The molecule has 0 N–H and O–H groups in total. The van der Waals surface area contributed by atoms with E-state index in [1.165, 1.54) is 0 Å². The summed E-state index contributed by atoms with van der Waals surface area (Å²) in [5, 5.41) is 0. The first-order valence-corrected chi connectivity index (χ1v) is 12.4. The predicted octanol–water partition coefficient (Wildman–Crippen LogP) is 3.81. The van der Waals surface area contributed by atoms with Crippen LogP contribution in [-0.4, -0.2) is 36.8 Å². The summed E-state index contributed by atoms with van der Waals surface area (Å²) in [6, 6.07) is 1.12. The number of esters is 1. The Bertz CT molecular complexity index is 545. The Morgan fingerprint density at radius 3 is 2.52 bits per heavy atom. The van der Waals surface area contributed by atoms with Crippen LogP contribution in [0.15, 0.2) is 0 Å². The van der Waals surface area contributed by atoms with Crippen LogP contribution in [0.2, 0.25) is 25.7 Å². The molecular formula is C17H30N2O3Si. The van der Waals surface area contributed by atoms with Gasteiger partial charge in [-0.15, -0.1) is 0 Å². The second-order valence-corrected chi connectivity index (χ2v) is 13.0. The number of rotatable bonds is 9. The van der Waals surface area contributed by atoms with Gasteiger partial charge in [0.25, 0.3) is 0 Å². The Morgan fingerprint density at radius 2 is 2.00 bits per heavy atom. The van der Waals surface area contributed by atoms with Crippen molar-refractivity contribution in [1.82, 2.24) is 9.55 Å². The topological polar surface area (TPSA) is 53.3 Å². The van der Waals surface area contributed by atoms with Crippen LogP contribution in [-0.2, 0) is 22.6 Å². The molecule has 0 unspecified atom stereocenters. The molecule has 0 aromatic carbocycles. The van der Waals surface area contributed by atoms with Gasteiger partial charge in [-0.2, -0.15) is 0 Å². The molecule has 5 nitrogen and oxygen atoms in total. The average molecular weight is 339 g/mol. The van der Waals surface area contributed by atoms with Crippen LogP contribution >= 0.6 is 0 Å². The lowest BCUT2D eigenvalue weighted by atomic mass is 10.2. The van der Waals surface area contributed by atoms with Gasteiger partial charge in [-0.25, -0.2) is 9.78 Å². The van der Waals surface area contributed by atoms with E-state index in [2.05, 4.69) is 19.6 Å². The van der Waals surface area contributed by atoms with Crippen LogP contribution in [0.25, 0.3) is 0 Å². The lowest BCUT2D eigenvalue weighted by Gasteiger charge is -2.17. The van der Waals surface area contributed by atoms with Gasteiger partial charge in [0, 0.05) is 20.6 Å². The van der Waals surface area contributed by atoms with Gasteiger partial charge in [0.1, 0.15) is 12.6 Å². The molecule has 1 aliphatic carbocycles. The molecule has 0 atom stereocenters. The van der Waals surface area contributed by atoms with Gasteiger partial charge in [-0.3, -0.25) is 4.57 Å². The normalized spacial score (nSPS) is 15.0. The largest absolute Gasteiger partial charge is 0.461 e. The average Bonchev–Trinajstić information content (AvgIpc) is 3.24. The summed E-state index contributed by atoms with van der Waals surface area (Å²) in [5.41, 5.74) is 1.42. The molecule has 1 aromatic heterocycles. The SMILES string of the molecule is CCOC(=O)c1c(CC)nc(C2CC2)n1COCC[Si](C)(C)C. The van der Waals surface area contributed by atoms with Crippen LogP contribution in [0, 0.1) is 0 Å². The van der Waals surface area contributed by atoms with E-state index in [1.54, 1.807) is 0 Å². The zero-order valence-electron chi connectivity index (χ0n) is 15.1. The summed E-state index contributed by atoms with van der Waals surface area (Å²) in [7, 11) is -1.11. The van der Waals surface area contributed by atoms with E-state index in [0.717, 1.165) is 43.4 Å². The molecule has 0 saturated heterocycles. The minimum absolute atomic E-state index is 0.280. The number of hydrogen-bond donors (Lipinski definition) is 0. The molecule has 6 heteroatoms. The van der Waals surface area contributed by atoms with Gasteiger partial charge >= 0.3 is 5.97 Å². The minimum atomic E-state index is -1.11. The van der Waals surface area contributed by atoms with E-state index in [4.69, 9.17) is 14.5 Å². The highest BCUT2D eigenvalue weighted by molar-refractivity contribution is 6.76. The number of hydrogen-bond acceptors (Lipinski definition) is 4. The van der Waals surface area contributed by atoms with Gasteiger partial charge in [-0.05, 0) is 32.2 Å². The second-order valence-electron chi connectivity index (χ2n) is 7.39. The molecule has 1 saturated carbocycles. The third-order valence-corrected chi connectivity index (χ3v) is 5.74. The predicted molar refractivity (Wildman–Crippen MR) is 93.6 cm³/mol. The van der Waals surface area contributed by atoms with Crippen LogP contribution in [0.4, 0.5) is 0 Å². The van der Waals surface area contributed by atoms with Crippen molar-refractivity contribution in [2.45, 2.75) is 71.4 Å². The molecule has 0 radical (unpaired) electrons. The lowest BCUT2D eigenvalue weighted by molar-refractivity contribution is 0.0468.